The van der Waals surface area contributed by atoms with Crippen molar-refractivity contribution in [3.8, 4) is 0 Å². The number of oxime groups is 1. The first-order valence-electron chi connectivity index (χ1n) is 9.76. The highest BCUT2D eigenvalue weighted by molar-refractivity contribution is 6.35. The fourth-order valence-electron chi connectivity index (χ4n) is 2.91. The van der Waals surface area contributed by atoms with Crippen molar-refractivity contribution < 1.29 is 47.9 Å². The maximum atomic E-state index is 6.12. The molecular weight excluding hydrogens is 579 g/mol. The fourth-order valence-corrected chi connectivity index (χ4v) is 3.41. The molecule has 172 valence electrons. The Bertz CT molecular complexity index is 964. The number of aryl methyl sites for hydroxylation is 2. The summed E-state index contributed by atoms with van der Waals surface area (Å²) in [7, 11) is 4.09. The smallest absolute Gasteiger partial charge is 0.170 e. The Balaban J connectivity index is 0.00000256. The lowest BCUT2D eigenvalue weighted by molar-refractivity contribution is -0.726. The van der Waals surface area contributed by atoms with Crippen LogP contribution < -0.4 is 48.0 Å². The monoisotopic (exact) mass is 602 g/mol. The molecule has 0 N–H and O–H groups in total. The van der Waals surface area contributed by atoms with E-state index in [9.17, 15) is 0 Å². The second kappa shape index (κ2) is 14.5. The molecule has 0 aliphatic carbocycles. The Morgan fingerprint density at radius 3 is 1.94 bits per heavy atom. The van der Waals surface area contributed by atoms with Gasteiger partial charge in [0.05, 0.1) is 12.6 Å². The molecule has 0 aliphatic heterocycles. The third kappa shape index (κ3) is 8.70. The standard InChI is InChI=1S/C23H26Cl2N4O.2BrH/c1-27(2)20-9-15-29(16-10-20)12-4-11-28-13-7-19(8-14-28)17-26-30-18-21-22(24)5-3-6-23(21)25;;/h3,5-10,13-17H,4,11-12,18H2,1-2H3;2*1H/q+2;;/p-2/b26-17+;;. The van der Waals surface area contributed by atoms with E-state index in [4.69, 9.17) is 28.0 Å². The molecule has 1 aromatic carbocycles. The van der Waals surface area contributed by atoms with Crippen LogP contribution in [0.3, 0.4) is 0 Å². The van der Waals surface area contributed by atoms with E-state index in [2.05, 4.69) is 43.7 Å². The number of rotatable bonds is 9. The van der Waals surface area contributed by atoms with Crippen molar-refractivity contribution in [2.24, 2.45) is 5.16 Å². The molecule has 0 fully saturated rings. The van der Waals surface area contributed by atoms with Crippen LogP contribution in [0, 0.1) is 0 Å². The molecule has 0 spiro atoms. The summed E-state index contributed by atoms with van der Waals surface area (Å²) in [6.45, 7) is 2.15. The number of nitrogens with zero attached hydrogens (tertiary/aromatic N) is 4. The summed E-state index contributed by atoms with van der Waals surface area (Å²) in [5, 5.41) is 5.16. The van der Waals surface area contributed by atoms with E-state index in [1.165, 1.54) is 5.69 Å². The highest BCUT2D eigenvalue weighted by Crippen LogP contribution is 2.24. The molecule has 0 saturated carbocycles. The van der Waals surface area contributed by atoms with Gasteiger partial charge in [-0.25, -0.2) is 9.13 Å². The molecule has 0 bridgehead atoms. The molecule has 0 atom stereocenters. The average molecular weight is 605 g/mol. The minimum absolute atomic E-state index is 0. The lowest BCUT2D eigenvalue weighted by Gasteiger charge is -2.10. The number of benzene rings is 1. The SMILES string of the molecule is CN(C)c1cc[n+](CCC[n+]2ccc(/C=N/OCc3c(Cl)cccc3Cl)cc2)cc1.[Br-].[Br-]. The zero-order valence-electron chi connectivity index (χ0n) is 18.0. The fraction of sp³-hybridized carbons (Fsp3) is 0.261. The van der Waals surface area contributed by atoms with Crippen LogP contribution in [0.1, 0.15) is 17.5 Å². The number of hydrogen-bond donors (Lipinski definition) is 0. The number of anilines is 1. The average Bonchev–Trinajstić information content (AvgIpc) is 2.74. The number of halogens is 4. The zero-order valence-corrected chi connectivity index (χ0v) is 22.6. The van der Waals surface area contributed by atoms with Gasteiger partial charge < -0.3 is 43.7 Å². The summed E-state index contributed by atoms with van der Waals surface area (Å²) >= 11 is 12.2. The van der Waals surface area contributed by atoms with Gasteiger partial charge in [-0.3, -0.25) is 0 Å². The molecular formula is C23H26Br2Cl2N4O. The highest BCUT2D eigenvalue weighted by atomic mass is 79.9. The molecule has 0 radical (unpaired) electrons. The first-order valence-corrected chi connectivity index (χ1v) is 10.5. The molecule has 3 rings (SSSR count). The molecule has 32 heavy (non-hydrogen) atoms. The van der Waals surface area contributed by atoms with Crippen molar-refractivity contribution >= 4 is 35.1 Å². The molecule has 0 unspecified atom stereocenters. The van der Waals surface area contributed by atoms with Crippen molar-refractivity contribution in [3.63, 3.8) is 0 Å². The maximum absolute atomic E-state index is 6.12. The topological polar surface area (TPSA) is 32.6 Å². The summed E-state index contributed by atoms with van der Waals surface area (Å²) in [6, 6.07) is 13.6. The Labute approximate surface area is 220 Å². The summed E-state index contributed by atoms with van der Waals surface area (Å²) in [6.07, 6.45) is 11.1. The molecule has 0 amide bonds. The summed E-state index contributed by atoms with van der Waals surface area (Å²) in [4.78, 5) is 7.44. The van der Waals surface area contributed by atoms with E-state index in [1.54, 1.807) is 24.4 Å². The minimum atomic E-state index is 0. The Morgan fingerprint density at radius 2 is 1.41 bits per heavy atom. The maximum Gasteiger partial charge on any atom is 0.170 e. The second-order valence-corrected chi connectivity index (χ2v) is 7.93. The van der Waals surface area contributed by atoms with E-state index in [0.717, 1.165) is 30.6 Å². The number of aromatic nitrogens is 2. The zero-order chi connectivity index (χ0) is 21.3. The van der Waals surface area contributed by atoms with Crippen LogP contribution in [0.2, 0.25) is 10.0 Å². The molecule has 2 heterocycles. The Kier molecular flexibility index (Phi) is 12.8. The van der Waals surface area contributed by atoms with Crippen LogP contribution in [0.5, 0.6) is 0 Å². The quantitative estimate of drug-likeness (QED) is 0.166. The predicted molar refractivity (Wildman–Crippen MR) is 121 cm³/mol. The van der Waals surface area contributed by atoms with Gasteiger partial charge >= 0.3 is 0 Å². The number of hydrogen-bond acceptors (Lipinski definition) is 3. The van der Waals surface area contributed by atoms with Gasteiger partial charge in [-0.2, -0.15) is 0 Å². The van der Waals surface area contributed by atoms with E-state index in [1.807, 2.05) is 38.6 Å². The van der Waals surface area contributed by atoms with Crippen molar-refractivity contribution in [1.29, 1.82) is 0 Å². The van der Waals surface area contributed by atoms with Crippen LogP contribution in [-0.4, -0.2) is 20.3 Å². The van der Waals surface area contributed by atoms with Gasteiger partial charge in [0.1, 0.15) is 6.61 Å². The summed E-state index contributed by atoms with van der Waals surface area (Å²) in [5.74, 6) is 0. The molecule has 2 aromatic heterocycles. The largest absolute Gasteiger partial charge is 1.00 e. The first kappa shape index (κ1) is 28.4. The molecule has 9 heteroatoms. The normalized spacial score (nSPS) is 10.4. The van der Waals surface area contributed by atoms with Crippen LogP contribution in [0.25, 0.3) is 0 Å². The van der Waals surface area contributed by atoms with Crippen molar-refractivity contribution in [1.82, 2.24) is 0 Å². The Hall–Kier alpha value is -1.67. The van der Waals surface area contributed by atoms with Gasteiger partial charge in [-0.1, -0.05) is 34.4 Å². The van der Waals surface area contributed by atoms with E-state index < -0.39 is 0 Å². The number of pyridine rings is 2. The van der Waals surface area contributed by atoms with Gasteiger partial charge in [0, 0.05) is 65.2 Å². The molecule has 0 saturated heterocycles. The van der Waals surface area contributed by atoms with E-state index >= 15 is 0 Å². The summed E-state index contributed by atoms with van der Waals surface area (Å²) < 4.78 is 4.37. The minimum Gasteiger partial charge on any atom is -1.00 e. The second-order valence-electron chi connectivity index (χ2n) is 7.12. The molecule has 5 nitrogen and oxygen atoms in total. The van der Waals surface area contributed by atoms with Crippen molar-refractivity contribution in [2.45, 2.75) is 26.1 Å². The van der Waals surface area contributed by atoms with Crippen LogP contribution >= 0.6 is 23.2 Å². The van der Waals surface area contributed by atoms with Crippen molar-refractivity contribution in [2.75, 3.05) is 19.0 Å². The van der Waals surface area contributed by atoms with Gasteiger partial charge in [-0.05, 0) is 12.1 Å². The van der Waals surface area contributed by atoms with Crippen LogP contribution in [0.15, 0.2) is 72.4 Å². The van der Waals surface area contributed by atoms with Crippen molar-refractivity contribution in [3.05, 3.63) is 88.4 Å². The van der Waals surface area contributed by atoms with Crippen LogP contribution in [0.4, 0.5) is 5.69 Å². The van der Waals surface area contributed by atoms with Gasteiger partial charge in [0.2, 0.25) is 0 Å². The third-order valence-corrected chi connectivity index (χ3v) is 5.39. The first-order chi connectivity index (χ1) is 14.5. The molecule has 0 aliphatic rings. The van der Waals surface area contributed by atoms with E-state index in [0.29, 0.717) is 10.0 Å². The lowest BCUT2D eigenvalue weighted by Crippen LogP contribution is -3.00. The van der Waals surface area contributed by atoms with Gasteiger partial charge in [0.25, 0.3) is 0 Å². The van der Waals surface area contributed by atoms with E-state index in [-0.39, 0.29) is 40.6 Å². The van der Waals surface area contributed by atoms with Gasteiger partial charge in [-0.15, -0.1) is 0 Å². The Morgan fingerprint density at radius 1 is 0.875 bits per heavy atom. The summed E-state index contributed by atoms with van der Waals surface area (Å²) in [5.41, 5.74) is 2.90. The highest BCUT2D eigenvalue weighted by Gasteiger charge is 2.07. The van der Waals surface area contributed by atoms with Crippen LogP contribution in [-0.2, 0) is 24.5 Å². The predicted octanol–water partition coefficient (Wildman–Crippen LogP) is -1.72. The molecule has 3 aromatic rings. The third-order valence-electron chi connectivity index (χ3n) is 4.69. The van der Waals surface area contributed by atoms with Gasteiger partial charge in [0.15, 0.2) is 37.9 Å². The lowest BCUT2D eigenvalue weighted by atomic mass is 10.2.